The summed E-state index contributed by atoms with van der Waals surface area (Å²) in [5.41, 5.74) is 4.32. The molecule has 2 N–H and O–H groups in total. The van der Waals surface area contributed by atoms with Gasteiger partial charge in [0.2, 0.25) is 0 Å². The highest BCUT2D eigenvalue weighted by molar-refractivity contribution is 6.30. The third kappa shape index (κ3) is 3.99. The number of carbonyl (C=O) groups excluding carboxylic acids is 2. The third-order valence-corrected chi connectivity index (χ3v) is 5.52. The van der Waals surface area contributed by atoms with E-state index in [1.165, 1.54) is 12.7 Å². The van der Waals surface area contributed by atoms with Gasteiger partial charge in [0, 0.05) is 35.6 Å². The number of anilines is 1. The second kappa shape index (κ2) is 8.27. The van der Waals surface area contributed by atoms with Crippen LogP contribution in [0.5, 0.6) is 0 Å². The molecule has 0 aromatic heterocycles. The van der Waals surface area contributed by atoms with Crippen LogP contribution in [-0.4, -0.2) is 38.6 Å². The number of carbonyl (C=O) groups is 2. The van der Waals surface area contributed by atoms with Crippen molar-refractivity contribution >= 4 is 29.1 Å². The van der Waals surface area contributed by atoms with E-state index in [1.807, 2.05) is 24.3 Å². The molecule has 2 aromatic carbocycles. The zero-order valence-corrected chi connectivity index (χ0v) is 16.8. The number of rotatable bonds is 6. The Hall–Kier alpha value is -2.83. The van der Waals surface area contributed by atoms with Crippen LogP contribution in [0.3, 0.4) is 0 Å². The number of halogens is 1. The van der Waals surface area contributed by atoms with E-state index in [4.69, 9.17) is 16.3 Å². The summed E-state index contributed by atoms with van der Waals surface area (Å²) in [4.78, 5) is 27.6. The Morgan fingerprint density at radius 2 is 1.97 bits per heavy atom. The number of Topliss-reactive ketones (excluding diaryl/α,β-unsaturated/α-hetero) is 1. The Labute approximate surface area is 174 Å². The summed E-state index contributed by atoms with van der Waals surface area (Å²) in [6, 6.07) is 14.5. The van der Waals surface area contributed by atoms with Crippen LogP contribution in [0, 0.1) is 0 Å². The van der Waals surface area contributed by atoms with E-state index in [9.17, 15) is 9.59 Å². The Morgan fingerprint density at radius 3 is 2.72 bits per heavy atom. The van der Waals surface area contributed by atoms with Gasteiger partial charge in [-0.2, -0.15) is 0 Å². The molecule has 0 saturated heterocycles. The van der Waals surface area contributed by atoms with E-state index in [-0.39, 0.29) is 18.4 Å². The van der Waals surface area contributed by atoms with Gasteiger partial charge >= 0.3 is 6.03 Å². The molecule has 150 valence electrons. The first-order valence-corrected chi connectivity index (χ1v) is 9.85. The number of para-hydroxylation sites is 1. The molecule has 0 bridgehead atoms. The van der Waals surface area contributed by atoms with Crippen molar-refractivity contribution in [2.24, 2.45) is 0 Å². The fourth-order valence-electron chi connectivity index (χ4n) is 3.95. The summed E-state index contributed by atoms with van der Waals surface area (Å²) < 4.78 is 5.10. The molecule has 29 heavy (non-hydrogen) atoms. The lowest BCUT2D eigenvalue weighted by molar-refractivity contribution is -0.119. The molecule has 2 amide bonds. The smallest absolute Gasteiger partial charge is 0.319 e. The highest BCUT2D eigenvalue weighted by Crippen LogP contribution is 2.32. The van der Waals surface area contributed by atoms with Crippen molar-refractivity contribution in [2.75, 3.05) is 31.7 Å². The Kier molecular flexibility index (Phi) is 5.56. The summed E-state index contributed by atoms with van der Waals surface area (Å²) in [5, 5.41) is 6.32. The van der Waals surface area contributed by atoms with Crippen molar-refractivity contribution in [1.29, 1.82) is 0 Å². The van der Waals surface area contributed by atoms with Crippen LogP contribution in [0.2, 0.25) is 5.02 Å². The molecule has 2 aromatic rings. The van der Waals surface area contributed by atoms with E-state index in [0.29, 0.717) is 22.8 Å². The van der Waals surface area contributed by atoms with Crippen molar-refractivity contribution in [3.05, 3.63) is 76.0 Å². The van der Waals surface area contributed by atoms with E-state index >= 15 is 0 Å². The molecule has 1 atom stereocenters. The number of amides is 2. The van der Waals surface area contributed by atoms with Crippen LogP contribution in [0.15, 0.2) is 59.8 Å². The van der Waals surface area contributed by atoms with Gasteiger partial charge in [-0.15, -0.1) is 0 Å². The first-order chi connectivity index (χ1) is 14.1. The standard InChI is InChI=1S/C22H22ClN3O3/c1-29-13-19(27)20-17(12-26-11-10-14-4-2-3-5-18(14)26)24-22(28)25-21(20)15-6-8-16(23)9-7-15/h2-9,21H,10-13H2,1H3,(H2,24,25,28). The number of nitrogens with zero attached hydrogens (tertiary/aromatic N) is 1. The first kappa shape index (κ1) is 19.5. The molecule has 2 aliphatic rings. The third-order valence-electron chi connectivity index (χ3n) is 5.27. The predicted octanol–water partition coefficient (Wildman–Crippen LogP) is 3.23. The molecule has 0 fully saturated rings. The summed E-state index contributed by atoms with van der Waals surface area (Å²) >= 11 is 6.01. The Morgan fingerprint density at radius 1 is 1.21 bits per heavy atom. The molecule has 0 spiro atoms. The second-order valence-corrected chi connectivity index (χ2v) is 7.57. The fraction of sp³-hybridized carbons (Fsp3) is 0.273. The van der Waals surface area contributed by atoms with Gasteiger partial charge in [-0.3, -0.25) is 4.79 Å². The molecule has 6 nitrogen and oxygen atoms in total. The van der Waals surface area contributed by atoms with E-state index in [0.717, 1.165) is 24.2 Å². The molecule has 1 unspecified atom stereocenters. The van der Waals surface area contributed by atoms with Gasteiger partial charge in [-0.25, -0.2) is 4.79 Å². The summed E-state index contributed by atoms with van der Waals surface area (Å²) in [5.74, 6) is -0.164. The van der Waals surface area contributed by atoms with Crippen molar-refractivity contribution in [1.82, 2.24) is 10.6 Å². The monoisotopic (exact) mass is 411 g/mol. The van der Waals surface area contributed by atoms with Crippen LogP contribution >= 0.6 is 11.6 Å². The van der Waals surface area contributed by atoms with Gasteiger partial charge in [0.25, 0.3) is 0 Å². The van der Waals surface area contributed by atoms with E-state index in [1.54, 1.807) is 12.1 Å². The number of nitrogens with one attached hydrogen (secondary N) is 2. The van der Waals surface area contributed by atoms with Gasteiger partial charge in [-0.1, -0.05) is 41.9 Å². The maximum absolute atomic E-state index is 13.0. The average molecular weight is 412 g/mol. The number of benzene rings is 2. The minimum absolute atomic E-state index is 0.0585. The molecule has 4 rings (SSSR count). The number of fused-ring (bicyclic) bond motifs is 1. The van der Waals surface area contributed by atoms with Gasteiger partial charge in [0.1, 0.15) is 6.61 Å². The number of hydrogen-bond acceptors (Lipinski definition) is 4. The number of hydrogen-bond donors (Lipinski definition) is 2. The van der Waals surface area contributed by atoms with E-state index in [2.05, 4.69) is 27.7 Å². The lowest BCUT2D eigenvalue weighted by atomic mass is 9.92. The lowest BCUT2D eigenvalue weighted by Crippen LogP contribution is -2.48. The van der Waals surface area contributed by atoms with Gasteiger partial charge < -0.3 is 20.3 Å². The average Bonchev–Trinajstić information content (AvgIpc) is 3.11. The van der Waals surface area contributed by atoms with Crippen molar-refractivity contribution in [3.63, 3.8) is 0 Å². The van der Waals surface area contributed by atoms with E-state index < -0.39 is 6.04 Å². The molecule has 0 aliphatic carbocycles. The molecular weight excluding hydrogens is 390 g/mol. The Balaban J connectivity index is 1.73. The van der Waals surface area contributed by atoms with Crippen LogP contribution in [0.1, 0.15) is 17.2 Å². The largest absolute Gasteiger partial charge is 0.377 e. The first-order valence-electron chi connectivity index (χ1n) is 9.48. The maximum atomic E-state index is 13.0. The van der Waals surface area contributed by atoms with Crippen LogP contribution in [0.25, 0.3) is 0 Å². The topological polar surface area (TPSA) is 70.7 Å². The SMILES string of the molecule is COCC(=O)C1=C(CN2CCc3ccccc32)NC(=O)NC1c1ccc(Cl)cc1. The van der Waals surface area contributed by atoms with Gasteiger partial charge in [-0.05, 0) is 35.7 Å². The van der Waals surface area contributed by atoms with Crippen molar-refractivity contribution < 1.29 is 14.3 Å². The van der Waals surface area contributed by atoms with Crippen LogP contribution < -0.4 is 15.5 Å². The molecule has 0 radical (unpaired) electrons. The molecule has 2 aliphatic heterocycles. The second-order valence-electron chi connectivity index (χ2n) is 7.13. The van der Waals surface area contributed by atoms with Crippen LogP contribution in [-0.2, 0) is 16.0 Å². The minimum Gasteiger partial charge on any atom is -0.377 e. The van der Waals surface area contributed by atoms with Gasteiger partial charge in [0.15, 0.2) is 5.78 Å². The number of ketones is 1. The zero-order valence-electron chi connectivity index (χ0n) is 16.1. The number of urea groups is 1. The zero-order chi connectivity index (χ0) is 20.4. The predicted molar refractivity (Wildman–Crippen MR) is 112 cm³/mol. The quantitative estimate of drug-likeness (QED) is 0.765. The normalized spacial score (nSPS) is 18.3. The molecule has 7 heteroatoms. The highest BCUT2D eigenvalue weighted by Gasteiger charge is 2.33. The number of methoxy groups -OCH3 is 1. The summed E-state index contributed by atoms with van der Waals surface area (Å²) in [6.45, 7) is 1.22. The summed E-state index contributed by atoms with van der Waals surface area (Å²) in [7, 11) is 1.49. The molecule has 0 saturated carbocycles. The summed E-state index contributed by atoms with van der Waals surface area (Å²) in [6.07, 6.45) is 0.942. The minimum atomic E-state index is -0.559. The number of ether oxygens (including phenoxy) is 1. The highest BCUT2D eigenvalue weighted by atomic mass is 35.5. The molecular formula is C22H22ClN3O3. The van der Waals surface area contributed by atoms with Crippen LogP contribution in [0.4, 0.5) is 10.5 Å². The molecule has 2 heterocycles. The maximum Gasteiger partial charge on any atom is 0.319 e. The van der Waals surface area contributed by atoms with Crippen molar-refractivity contribution in [2.45, 2.75) is 12.5 Å². The van der Waals surface area contributed by atoms with Crippen molar-refractivity contribution in [3.8, 4) is 0 Å². The lowest BCUT2D eigenvalue weighted by Gasteiger charge is -2.32. The Bertz CT molecular complexity index is 972. The van der Waals surface area contributed by atoms with Gasteiger partial charge in [0.05, 0.1) is 12.6 Å². The fourth-order valence-corrected chi connectivity index (χ4v) is 4.07.